The molecule has 0 amide bonds. The summed E-state index contributed by atoms with van der Waals surface area (Å²) in [5, 5.41) is 22.8. The molecular weight excluding hydrogens is 350 g/mol. The number of rotatable bonds is 7. The van der Waals surface area contributed by atoms with E-state index in [2.05, 4.69) is 24.1 Å². The molecule has 3 aromatic rings. The third kappa shape index (κ3) is 5.41. The van der Waals surface area contributed by atoms with Gasteiger partial charge < -0.3 is 15.5 Å². The van der Waals surface area contributed by atoms with Gasteiger partial charge in [0.05, 0.1) is 11.9 Å². The highest BCUT2D eigenvalue weighted by Gasteiger charge is 2.12. The van der Waals surface area contributed by atoms with Crippen LogP contribution in [0.2, 0.25) is 0 Å². The van der Waals surface area contributed by atoms with Crippen LogP contribution in [0.1, 0.15) is 31.5 Å². The van der Waals surface area contributed by atoms with Crippen molar-refractivity contribution in [2.45, 2.75) is 26.5 Å². The lowest BCUT2D eigenvalue weighted by Gasteiger charge is -2.17. The van der Waals surface area contributed by atoms with Gasteiger partial charge in [0, 0.05) is 5.56 Å². The SMILES string of the molecule is CC(C)CC(O)Nc1ncc(-c2ccc(O)cc2)nc1/C=C/c1ccccc1. The fraction of sp³-hybridized carbons (Fsp3) is 0.217. The van der Waals surface area contributed by atoms with Crippen molar-refractivity contribution in [3.05, 3.63) is 72.1 Å². The van der Waals surface area contributed by atoms with E-state index < -0.39 is 6.23 Å². The van der Waals surface area contributed by atoms with Gasteiger partial charge in [-0.25, -0.2) is 9.97 Å². The van der Waals surface area contributed by atoms with Gasteiger partial charge in [0.25, 0.3) is 0 Å². The number of anilines is 1. The summed E-state index contributed by atoms with van der Waals surface area (Å²) in [7, 11) is 0. The Balaban J connectivity index is 1.94. The molecule has 5 nitrogen and oxygen atoms in total. The molecule has 0 saturated heterocycles. The van der Waals surface area contributed by atoms with Crippen LogP contribution in [0.25, 0.3) is 23.4 Å². The van der Waals surface area contributed by atoms with Gasteiger partial charge in [-0.1, -0.05) is 50.3 Å². The Morgan fingerprint density at radius 1 is 1.00 bits per heavy atom. The lowest BCUT2D eigenvalue weighted by atomic mass is 10.1. The smallest absolute Gasteiger partial charge is 0.153 e. The highest BCUT2D eigenvalue weighted by Crippen LogP contribution is 2.23. The molecular formula is C23H25N3O2. The number of nitrogens with zero attached hydrogens (tertiary/aromatic N) is 2. The first-order valence-corrected chi connectivity index (χ1v) is 9.35. The molecule has 1 heterocycles. The van der Waals surface area contributed by atoms with E-state index in [1.165, 1.54) is 0 Å². The molecule has 0 fully saturated rings. The average molecular weight is 375 g/mol. The Kier molecular flexibility index (Phi) is 6.40. The molecule has 0 aliphatic rings. The van der Waals surface area contributed by atoms with E-state index in [0.29, 0.717) is 29.5 Å². The molecule has 3 N–H and O–H groups in total. The number of aromatic hydroxyl groups is 1. The first-order chi connectivity index (χ1) is 13.5. The minimum Gasteiger partial charge on any atom is -0.508 e. The number of phenols is 1. The Hall–Kier alpha value is -3.18. The Bertz CT molecular complexity index is 922. The lowest BCUT2D eigenvalue weighted by molar-refractivity contribution is 0.175. The largest absolute Gasteiger partial charge is 0.508 e. The van der Waals surface area contributed by atoms with Gasteiger partial charge in [-0.2, -0.15) is 0 Å². The summed E-state index contributed by atoms with van der Waals surface area (Å²) in [5.41, 5.74) is 3.23. The van der Waals surface area contributed by atoms with Crippen LogP contribution in [0.4, 0.5) is 5.82 Å². The van der Waals surface area contributed by atoms with Crippen molar-refractivity contribution >= 4 is 18.0 Å². The highest BCUT2D eigenvalue weighted by molar-refractivity contribution is 5.74. The Labute approximate surface area is 165 Å². The van der Waals surface area contributed by atoms with E-state index >= 15 is 0 Å². The minimum atomic E-state index is -0.697. The van der Waals surface area contributed by atoms with Crippen LogP contribution < -0.4 is 5.32 Å². The molecule has 1 unspecified atom stereocenters. The van der Waals surface area contributed by atoms with Crippen LogP contribution in [0.5, 0.6) is 5.75 Å². The zero-order chi connectivity index (χ0) is 19.9. The molecule has 5 heteroatoms. The molecule has 2 aromatic carbocycles. The third-order valence-corrected chi connectivity index (χ3v) is 4.19. The van der Waals surface area contributed by atoms with Gasteiger partial charge in [-0.05, 0) is 48.2 Å². The number of aliphatic hydroxyl groups excluding tert-OH is 1. The van der Waals surface area contributed by atoms with Crippen molar-refractivity contribution in [1.82, 2.24) is 9.97 Å². The van der Waals surface area contributed by atoms with Crippen LogP contribution >= 0.6 is 0 Å². The number of hydrogen-bond acceptors (Lipinski definition) is 5. The van der Waals surface area contributed by atoms with Crippen LogP contribution in [0.15, 0.2) is 60.8 Å². The van der Waals surface area contributed by atoms with Crippen molar-refractivity contribution in [1.29, 1.82) is 0 Å². The number of hydrogen-bond donors (Lipinski definition) is 3. The number of benzene rings is 2. The average Bonchev–Trinajstić information content (AvgIpc) is 2.68. The van der Waals surface area contributed by atoms with Crippen molar-refractivity contribution in [3.8, 4) is 17.0 Å². The highest BCUT2D eigenvalue weighted by atomic mass is 16.3. The van der Waals surface area contributed by atoms with Gasteiger partial charge in [-0.3, -0.25) is 0 Å². The number of aromatic nitrogens is 2. The van der Waals surface area contributed by atoms with Crippen LogP contribution in [0, 0.1) is 5.92 Å². The fourth-order valence-electron chi connectivity index (χ4n) is 2.80. The molecule has 0 spiro atoms. The molecule has 0 radical (unpaired) electrons. The van der Waals surface area contributed by atoms with Crippen molar-refractivity contribution < 1.29 is 10.2 Å². The zero-order valence-corrected chi connectivity index (χ0v) is 16.1. The summed E-state index contributed by atoms with van der Waals surface area (Å²) in [6.07, 6.45) is 5.43. The van der Waals surface area contributed by atoms with Gasteiger partial charge in [0.15, 0.2) is 5.82 Å². The Morgan fingerprint density at radius 2 is 1.71 bits per heavy atom. The standard InChI is InChI=1S/C23H25N3O2/c1-16(2)14-22(28)26-23-20(13-8-17-6-4-3-5-7-17)25-21(15-24-23)18-9-11-19(27)12-10-18/h3-13,15-16,22,27-28H,14H2,1-2H3,(H,24,26)/b13-8+. The van der Waals surface area contributed by atoms with Crippen molar-refractivity contribution in [3.63, 3.8) is 0 Å². The third-order valence-electron chi connectivity index (χ3n) is 4.19. The van der Waals surface area contributed by atoms with Gasteiger partial charge >= 0.3 is 0 Å². The predicted molar refractivity (Wildman–Crippen MR) is 114 cm³/mol. The molecule has 28 heavy (non-hydrogen) atoms. The van der Waals surface area contributed by atoms with E-state index in [1.54, 1.807) is 30.5 Å². The zero-order valence-electron chi connectivity index (χ0n) is 16.1. The summed E-state index contributed by atoms with van der Waals surface area (Å²) in [6, 6.07) is 16.8. The van der Waals surface area contributed by atoms with E-state index in [-0.39, 0.29) is 5.75 Å². The van der Waals surface area contributed by atoms with Gasteiger partial charge in [0.2, 0.25) is 0 Å². The number of phenolic OH excluding ortho intramolecular Hbond substituents is 1. The maximum absolute atomic E-state index is 10.3. The predicted octanol–water partition coefficient (Wildman–Crippen LogP) is 4.80. The molecule has 3 rings (SSSR count). The summed E-state index contributed by atoms with van der Waals surface area (Å²) < 4.78 is 0. The maximum Gasteiger partial charge on any atom is 0.153 e. The monoisotopic (exact) mass is 375 g/mol. The number of aliphatic hydroxyl groups is 1. The summed E-state index contributed by atoms with van der Waals surface area (Å²) in [5.74, 6) is 1.09. The van der Waals surface area contributed by atoms with E-state index in [9.17, 15) is 10.2 Å². The second kappa shape index (κ2) is 9.15. The first-order valence-electron chi connectivity index (χ1n) is 9.35. The normalized spacial score (nSPS) is 12.4. The fourth-order valence-corrected chi connectivity index (χ4v) is 2.80. The summed E-state index contributed by atoms with van der Waals surface area (Å²) >= 11 is 0. The quantitative estimate of drug-likeness (QED) is 0.517. The van der Waals surface area contributed by atoms with Gasteiger partial charge in [-0.15, -0.1) is 0 Å². The van der Waals surface area contributed by atoms with E-state index in [0.717, 1.165) is 11.1 Å². The maximum atomic E-state index is 10.3. The number of nitrogens with one attached hydrogen (secondary N) is 1. The molecule has 0 aliphatic carbocycles. The molecule has 1 aromatic heterocycles. The first kappa shape index (κ1) is 19.6. The molecule has 144 valence electrons. The van der Waals surface area contributed by atoms with Crippen LogP contribution in [-0.2, 0) is 0 Å². The van der Waals surface area contributed by atoms with Crippen molar-refractivity contribution in [2.24, 2.45) is 5.92 Å². The minimum absolute atomic E-state index is 0.205. The molecule has 1 atom stereocenters. The van der Waals surface area contributed by atoms with E-state index in [1.807, 2.05) is 42.5 Å². The van der Waals surface area contributed by atoms with Crippen LogP contribution in [0.3, 0.4) is 0 Å². The van der Waals surface area contributed by atoms with E-state index in [4.69, 9.17) is 4.98 Å². The topological polar surface area (TPSA) is 78.3 Å². The second-order valence-corrected chi connectivity index (χ2v) is 7.07. The molecule has 0 bridgehead atoms. The molecule has 0 saturated carbocycles. The van der Waals surface area contributed by atoms with Crippen LogP contribution in [-0.4, -0.2) is 26.4 Å². The molecule has 0 aliphatic heterocycles. The summed E-state index contributed by atoms with van der Waals surface area (Å²) in [6.45, 7) is 4.11. The second-order valence-electron chi connectivity index (χ2n) is 7.07. The van der Waals surface area contributed by atoms with Crippen molar-refractivity contribution in [2.75, 3.05) is 5.32 Å². The summed E-state index contributed by atoms with van der Waals surface area (Å²) in [4.78, 5) is 9.20. The van der Waals surface area contributed by atoms with Gasteiger partial charge in [0.1, 0.15) is 17.7 Å². The lowest BCUT2D eigenvalue weighted by Crippen LogP contribution is -2.22. The Morgan fingerprint density at radius 3 is 2.39 bits per heavy atom.